The van der Waals surface area contributed by atoms with Crippen LogP contribution in [0, 0.1) is 136 Å². The highest BCUT2D eigenvalue weighted by molar-refractivity contribution is 5.63. The Hall–Kier alpha value is 0. The van der Waals surface area contributed by atoms with Gasteiger partial charge in [-0.1, -0.05) is 125 Å². The predicted molar refractivity (Wildman–Crippen MR) is 173 cm³/mol. The van der Waals surface area contributed by atoms with Gasteiger partial charge >= 0.3 is 0 Å². The van der Waals surface area contributed by atoms with Gasteiger partial charge in [-0.3, -0.25) is 0 Å². The van der Waals surface area contributed by atoms with Crippen LogP contribution in [0.4, 0.5) is 0 Å². The molecule has 0 atom stereocenters. The van der Waals surface area contributed by atoms with E-state index >= 15 is 0 Å². The Morgan fingerprint density at radius 2 is 0.405 bits per heavy atom. The molecule has 0 N–H and O–H groups in total. The summed E-state index contributed by atoms with van der Waals surface area (Å²) in [4.78, 5) is 0. The average molecular weight is 571 g/mol. The van der Waals surface area contributed by atoms with Gasteiger partial charge in [0.1, 0.15) is 0 Å². The summed E-state index contributed by atoms with van der Waals surface area (Å²) in [6.07, 6.45) is 0. The monoisotopic (exact) mass is 571 g/mol. The molecule has 18 saturated carbocycles. The van der Waals surface area contributed by atoms with Crippen LogP contribution in [0.3, 0.4) is 0 Å². The van der Waals surface area contributed by atoms with E-state index in [1.54, 1.807) is 0 Å². The summed E-state index contributed by atoms with van der Waals surface area (Å²) >= 11 is 0. The molecule has 0 spiro atoms. The molecule has 0 aromatic heterocycles. The van der Waals surface area contributed by atoms with E-state index in [0.717, 1.165) is 112 Å². The van der Waals surface area contributed by atoms with Gasteiger partial charge in [-0.2, -0.15) is 0 Å². The normalized spacial score (nSPS) is 87.0. The van der Waals surface area contributed by atoms with Crippen LogP contribution in [0.1, 0.15) is 125 Å². The van der Waals surface area contributed by atoms with Gasteiger partial charge < -0.3 is 0 Å². The molecule has 0 unspecified atom stereocenters. The highest BCUT2D eigenvalue weighted by Crippen LogP contribution is 3.20. The molecular weight excluding hydrogens is 504 g/mol. The molecule has 18 rings (SSSR count). The molecule has 18 aliphatic rings. The van der Waals surface area contributed by atoms with Crippen LogP contribution in [0.25, 0.3) is 0 Å². The Balaban J connectivity index is 0.0000000777. The Bertz CT molecular complexity index is 1140. The average Bonchev–Trinajstić information content (AvgIpc) is 2.93. The lowest BCUT2D eigenvalue weighted by molar-refractivity contribution is -0.731. The zero-order valence-electron chi connectivity index (χ0n) is 30.9. The first-order chi connectivity index (χ1) is 19.4. The number of hydrogen-bond acceptors (Lipinski definition) is 0. The van der Waals surface area contributed by atoms with E-state index < -0.39 is 0 Å². The highest BCUT2D eigenvalue weighted by Gasteiger charge is 3.17. The number of rotatable bonds is 0. The van der Waals surface area contributed by atoms with Crippen molar-refractivity contribution in [2.45, 2.75) is 125 Å². The molecule has 18 fully saturated rings. The van der Waals surface area contributed by atoms with E-state index in [-0.39, 0.29) is 0 Å². The molecule has 234 valence electrons. The second-order valence-corrected chi connectivity index (χ2v) is 21.2. The summed E-state index contributed by atoms with van der Waals surface area (Å²) in [7, 11) is 0. The van der Waals surface area contributed by atoms with Gasteiger partial charge in [-0.25, -0.2) is 0 Å². The van der Waals surface area contributed by atoms with Crippen molar-refractivity contribution in [2.24, 2.45) is 136 Å². The van der Waals surface area contributed by atoms with Crippen molar-refractivity contribution < 1.29 is 0 Å². The molecule has 42 heavy (non-hydrogen) atoms. The molecule has 0 aromatic carbocycles. The predicted octanol–water partition coefficient (Wildman–Crippen LogP) is 10.7. The molecule has 0 nitrogen and oxygen atoms in total. The molecule has 0 heterocycles. The summed E-state index contributed by atoms with van der Waals surface area (Å²) in [6, 6.07) is 0. The summed E-state index contributed by atoms with van der Waals surface area (Å²) in [6.45, 7) is 43.0. The highest BCUT2D eigenvalue weighted by atomic mass is 15.2. The Morgan fingerprint density at radius 1 is 0.262 bits per heavy atom. The molecule has 0 bridgehead atoms. The summed E-state index contributed by atoms with van der Waals surface area (Å²) in [5.41, 5.74) is 10.0. The van der Waals surface area contributed by atoms with Crippen LogP contribution in [-0.2, 0) is 0 Å². The van der Waals surface area contributed by atoms with Crippen LogP contribution in [0.15, 0.2) is 0 Å². The van der Waals surface area contributed by atoms with Gasteiger partial charge in [-0.05, 0) is 136 Å². The fourth-order valence-corrected chi connectivity index (χ4v) is 25.7. The van der Waals surface area contributed by atoms with E-state index in [1.165, 1.54) is 23.7 Å². The Labute approximate surface area is 260 Å². The van der Waals surface area contributed by atoms with Crippen LogP contribution in [-0.4, -0.2) is 0 Å². The first kappa shape index (κ1) is 27.1. The maximum atomic E-state index is 2.59. The lowest BCUT2D eigenvalue weighted by atomic mass is 8.84. The van der Waals surface area contributed by atoms with E-state index in [4.69, 9.17) is 0 Å². The molecule has 0 saturated heterocycles. The fourth-order valence-electron chi connectivity index (χ4n) is 25.7. The smallest absolute Gasteiger partial charge is 0.0167 e. The Morgan fingerprint density at radius 3 is 0.548 bits per heavy atom. The zero-order valence-corrected chi connectivity index (χ0v) is 30.9. The molecule has 0 aromatic rings. The van der Waals surface area contributed by atoms with Crippen molar-refractivity contribution in [3.8, 4) is 0 Å². The third-order valence-corrected chi connectivity index (χ3v) is 24.2. The first-order valence-corrected chi connectivity index (χ1v) is 19.4. The van der Waals surface area contributed by atoms with E-state index in [1.807, 2.05) is 41.5 Å². The van der Waals surface area contributed by atoms with Crippen molar-refractivity contribution >= 4 is 0 Å². The minimum absolute atomic E-state index is 0.804. The van der Waals surface area contributed by atoms with Gasteiger partial charge in [0.05, 0.1) is 0 Å². The van der Waals surface area contributed by atoms with Crippen molar-refractivity contribution in [2.75, 3.05) is 0 Å². The van der Waals surface area contributed by atoms with Crippen molar-refractivity contribution in [1.29, 1.82) is 0 Å². The minimum Gasteiger partial charge on any atom is -0.0683 e. The molecule has 0 heteroatoms. The molecule has 0 aliphatic heterocycles. The molecule has 0 amide bonds. The molecular formula is C42H66. The quantitative estimate of drug-likeness (QED) is 0.272. The number of hydrogen-bond donors (Lipinski definition) is 0. The third-order valence-electron chi connectivity index (χ3n) is 24.2. The van der Waals surface area contributed by atoms with E-state index in [0.29, 0.717) is 0 Å². The van der Waals surface area contributed by atoms with Gasteiger partial charge in [0.2, 0.25) is 0 Å². The van der Waals surface area contributed by atoms with Crippen molar-refractivity contribution in [1.82, 2.24) is 0 Å². The first-order valence-electron chi connectivity index (χ1n) is 19.4. The zero-order chi connectivity index (χ0) is 30.9. The van der Waals surface area contributed by atoms with E-state index in [2.05, 4.69) is 83.1 Å². The Kier molecular flexibility index (Phi) is 3.63. The van der Waals surface area contributed by atoms with Gasteiger partial charge in [0.15, 0.2) is 0 Å². The summed E-state index contributed by atoms with van der Waals surface area (Å²) in [5, 5.41) is 0. The summed E-state index contributed by atoms with van der Waals surface area (Å²) < 4.78 is 0. The third kappa shape index (κ3) is 1.23. The second kappa shape index (κ2) is 5.62. The van der Waals surface area contributed by atoms with Crippen LogP contribution in [0.5, 0.6) is 0 Å². The molecule has 0 radical (unpaired) electrons. The topological polar surface area (TPSA) is 0 Å². The summed E-state index contributed by atoms with van der Waals surface area (Å²) in [5.74, 6) is 14.0. The molecule has 18 aliphatic carbocycles. The minimum atomic E-state index is 0.804. The van der Waals surface area contributed by atoms with Crippen LogP contribution < -0.4 is 0 Å². The SMILES string of the molecule is CC.CC.CC.CC12C3C4(C)C1C1(C)C2C3(C)C41.CC12C3C4C1(C)C1C2C3(C)C41C.CC12C3C4C5C3C1(C)C5(C)C42C. The second-order valence-electron chi connectivity index (χ2n) is 21.2. The van der Waals surface area contributed by atoms with Gasteiger partial charge in [0.25, 0.3) is 0 Å². The lowest BCUT2D eigenvalue weighted by Crippen LogP contribution is -3.16. The largest absolute Gasteiger partial charge is 0.0683 e. The maximum absolute atomic E-state index is 2.59. The van der Waals surface area contributed by atoms with Crippen molar-refractivity contribution in [3.63, 3.8) is 0 Å². The van der Waals surface area contributed by atoms with E-state index in [9.17, 15) is 0 Å². The lowest BCUT2D eigenvalue weighted by Gasteiger charge is -3.19. The van der Waals surface area contributed by atoms with Gasteiger partial charge in [0, 0.05) is 0 Å². The maximum Gasteiger partial charge on any atom is -0.0167 e. The van der Waals surface area contributed by atoms with Gasteiger partial charge in [-0.15, -0.1) is 0 Å². The standard InChI is InChI=1S/3C12H16.3C2H6/c1-9-5-10(2)6(9)12(4)7(9)11(5,3)8(10)12;1-9-5-7-10(9,2)8-6(9)11(5,3)12(7,8)4;1-9-5-6-8-7(5)11(9,3)12(8,4)10(6,9)2;3*1-2/h3*5-8H,1-4H3;3*1-2H3. The van der Waals surface area contributed by atoms with Crippen LogP contribution >= 0.6 is 0 Å². The fraction of sp³-hybridized carbons (Fsp3) is 1.00. The van der Waals surface area contributed by atoms with Crippen molar-refractivity contribution in [3.05, 3.63) is 0 Å². The van der Waals surface area contributed by atoms with Crippen LogP contribution in [0.2, 0.25) is 0 Å².